The molecule has 25 heavy (non-hydrogen) atoms. The van der Waals surface area contributed by atoms with Crippen molar-refractivity contribution in [2.75, 3.05) is 0 Å². The van der Waals surface area contributed by atoms with Crippen LogP contribution < -0.4 is 0 Å². The van der Waals surface area contributed by atoms with E-state index in [1.165, 1.54) is 16.7 Å². The maximum atomic E-state index is 9.80. The van der Waals surface area contributed by atoms with Gasteiger partial charge in [-0.15, -0.1) is 23.2 Å². The van der Waals surface area contributed by atoms with E-state index in [4.69, 9.17) is 23.2 Å². The highest BCUT2D eigenvalue weighted by Gasteiger charge is 2.14. The number of phenols is 1. The summed E-state index contributed by atoms with van der Waals surface area (Å²) in [6, 6.07) is 17.9. The van der Waals surface area contributed by atoms with Crippen LogP contribution in [0.25, 0.3) is 22.3 Å². The zero-order valence-electron chi connectivity index (χ0n) is 14.3. The average molecular weight is 371 g/mol. The lowest BCUT2D eigenvalue weighted by molar-refractivity contribution is 0.475. The van der Waals surface area contributed by atoms with E-state index in [9.17, 15) is 5.11 Å². The van der Waals surface area contributed by atoms with Crippen molar-refractivity contribution >= 4 is 23.2 Å². The Labute approximate surface area is 158 Å². The number of benzene rings is 3. The highest BCUT2D eigenvalue weighted by molar-refractivity contribution is 6.18. The van der Waals surface area contributed by atoms with E-state index in [0.717, 1.165) is 27.8 Å². The highest BCUT2D eigenvalue weighted by Crippen LogP contribution is 2.36. The van der Waals surface area contributed by atoms with Crippen molar-refractivity contribution in [3.8, 4) is 28.0 Å². The Morgan fingerprint density at radius 1 is 0.760 bits per heavy atom. The van der Waals surface area contributed by atoms with Gasteiger partial charge in [0, 0.05) is 11.8 Å². The molecule has 0 aliphatic heterocycles. The predicted molar refractivity (Wildman–Crippen MR) is 108 cm³/mol. The molecule has 0 atom stereocenters. The molecule has 0 aliphatic rings. The zero-order valence-corrected chi connectivity index (χ0v) is 15.8. The molecule has 3 aromatic rings. The van der Waals surface area contributed by atoms with Crippen molar-refractivity contribution in [2.45, 2.75) is 25.6 Å². The number of aryl methyl sites for hydroxylation is 2. The Kier molecular flexibility index (Phi) is 5.36. The molecular formula is C22H20Cl2O. The summed E-state index contributed by atoms with van der Waals surface area (Å²) in [7, 11) is 0. The minimum atomic E-state index is 0.240. The molecular weight excluding hydrogens is 351 g/mol. The van der Waals surface area contributed by atoms with E-state index < -0.39 is 0 Å². The summed E-state index contributed by atoms with van der Waals surface area (Å²) in [6.07, 6.45) is 0. The van der Waals surface area contributed by atoms with E-state index >= 15 is 0 Å². The van der Waals surface area contributed by atoms with Crippen LogP contribution in [0.5, 0.6) is 5.75 Å². The number of alkyl halides is 2. The summed E-state index contributed by atoms with van der Waals surface area (Å²) in [5, 5.41) is 9.80. The molecule has 0 unspecified atom stereocenters. The second kappa shape index (κ2) is 7.51. The van der Waals surface area contributed by atoms with Crippen LogP contribution in [-0.4, -0.2) is 5.11 Å². The molecule has 0 bridgehead atoms. The second-order valence-corrected chi connectivity index (χ2v) is 6.84. The number of phenolic OH excluding ortho intramolecular Hbond substituents is 1. The van der Waals surface area contributed by atoms with E-state index in [2.05, 4.69) is 44.2 Å². The SMILES string of the molecule is Cc1ccc(C)c(-c2cc(CCl)c(-c3cccc(O)c3)cc2CCl)c1. The molecule has 0 amide bonds. The Hall–Kier alpha value is -1.96. The van der Waals surface area contributed by atoms with Crippen molar-refractivity contribution in [1.29, 1.82) is 0 Å². The van der Waals surface area contributed by atoms with Crippen LogP contribution in [0.1, 0.15) is 22.3 Å². The van der Waals surface area contributed by atoms with Gasteiger partial charge in [-0.3, -0.25) is 0 Å². The largest absolute Gasteiger partial charge is 0.508 e. The minimum absolute atomic E-state index is 0.240. The van der Waals surface area contributed by atoms with Gasteiger partial charge in [0.05, 0.1) is 0 Å². The van der Waals surface area contributed by atoms with E-state index in [0.29, 0.717) is 11.8 Å². The van der Waals surface area contributed by atoms with Crippen molar-refractivity contribution < 1.29 is 5.11 Å². The zero-order chi connectivity index (χ0) is 18.0. The Balaban J connectivity index is 2.24. The molecule has 1 N–H and O–H groups in total. The van der Waals surface area contributed by atoms with Crippen LogP contribution in [0.3, 0.4) is 0 Å². The van der Waals surface area contributed by atoms with Crippen LogP contribution in [0, 0.1) is 13.8 Å². The van der Waals surface area contributed by atoms with E-state index in [1.807, 2.05) is 12.1 Å². The maximum Gasteiger partial charge on any atom is 0.116 e. The first-order valence-corrected chi connectivity index (χ1v) is 9.25. The lowest BCUT2D eigenvalue weighted by atomic mass is 9.89. The van der Waals surface area contributed by atoms with Gasteiger partial charge in [-0.1, -0.05) is 35.9 Å². The van der Waals surface area contributed by atoms with Crippen molar-refractivity contribution in [3.05, 3.63) is 76.9 Å². The highest BCUT2D eigenvalue weighted by atomic mass is 35.5. The molecule has 0 heterocycles. The molecule has 0 saturated carbocycles. The quantitative estimate of drug-likeness (QED) is 0.499. The lowest BCUT2D eigenvalue weighted by Gasteiger charge is -2.17. The molecule has 3 aromatic carbocycles. The van der Waals surface area contributed by atoms with Crippen LogP contribution in [0.15, 0.2) is 54.6 Å². The van der Waals surface area contributed by atoms with Crippen molar-refractivity contribution in [1.82, 2.24) is 0 Å². The van der Waals surface area contributed by atoms with Crippen LogP contribution in [0.4, 0.5) is 0 Å². The molecule has 0 aromatic heterocycles. The van der Waals surface area contributed by atoms with Gasteiger partial charge >= 0.3 is 0 Å². The van der Waals surface area contributed by atoms with Gasteiger partial charge in [-0.2, -0.15) is 0 Å². The van der Waals surface area contributed by atoms with Gasteiger partial charge in [-0.05, 0) is 77.1 Å². The van der Waals surface area contributed by atoms with Gasteiger partial charge in [0.1, 0.15) is 5.75 Å². The minimum Gasteiger partial charge on any atom is -0.508 e. The van der Waals surface area contributed by atoms with Crippen LogP contribution in [-0.2, 0) is 11.8 Å². The fourth-order valence-electron chi connectivity index (χ4n) is 3.13. The third-order valence-electron chi connectivity index (χ3n) is 4.46. The first kappa shape index (κ1) is 17.8. The van der Waals surface area contributed by atoms with Gasteiger partial charge in [0.2, 0.25) is 0 Å². The van der Waals surface area contributed by atoms with Crippen molar-refractivity contribution in [2.24, 2.45) is 0 Å². The Bertz CT molecular complexity index is 916. The Morgan fingerprint density at radius 2 is 1.44 bits per heavy atom. The number of halogens is 2. The van der Waals surface area contributed by atoms with Gasteiger partial charge < -0.3 is 5.11 Å². The number of aromatic hydroxyl groups is 1. The summed E-state index contributed by atoms with van der Waals surface area (Å²) >= 11 is 12.5. The molecule has 3 heteroatoms. The third-order valence-corrected chi connectivity index (χ3v) is 5.03. The number of rotatable bonds is 4. The van der Waals surface area contributed by atoms with E-state index in [1.54, 1.807) is 12.1 Å². The van der Waals surface area contributed by atoms with Gasteiger partial charge in [0.25, 0.3) is 0 Å². The molecule has 1 nitrogen and oxygen atoms in total. The molecule has 0 radical (unpaired) electrons. The molecule has 0 saturated heterocycles. The molecule has 3 rings (SSSR count). The normalized spacial score (nSPS) is 10.9. The summed E-state index contributed by atoms with van der Waals surface area (Å²) in [5.74, 6) is 1.05. The summed E-state index contributed by atoms with van der Waals surface area (Å²) in [4.78, 5) is 0. The summed E-state index contributed by atoms with van der Waals surface area (Å²) < 4.78 is 0. The lowest BCUT2D eigenvalue weighted by Crippen LogP contribution is -1.96. The molecule has 128 valence electrons. The molecule has 0 spiro atoms. The third kappa shape index (κ3) is 3.68. The first-order valence-electron chi connectivity index (χ1n) is 8.18. The fourth-order valence-corrected chi connectivity index (χ4v) is 3.57. The second-order valence-electron chi connectivity index (χ2n) is 6.30. The van der Waals surface area contributed by atoms with Crippen molar-refractivity contribution in [3.63, 3.8) is 0 Å². The Morgan fingerprint density at radius 3 is 2.12 bits per heavy atom. The standard InChI is InChI=1S/C22H20Cl2O/c1-14-6-7-15(2)20(8-14)22-11-17(12-23)21(10-18(22)13-24)16-4-3-5-19(25)9-16/h3-11,25H,12-13H2,1-2H3. The van der Waals surface area contributed by atoms with E-state index in [-0.39, 0.29) is 5.75 Å². The predicted octanol–water partition coefficient (Wildman–Crippen LogP) is 6.82. The van der Waals surface area contributed by atoms with Gasteiger partial charge in [0.15, 0.2) is 0 Å². The summed E-state index contributed by atoms with van der Waals surface area (Å²) in [5.41, 5.74) is 8.76. The summed E-state index contributed by atoms with van der Waals surface area (Å²) in [6.45, 7) is 4.20. The van der Waals surface area contributed by atoms with Gasteiger partial charge in [-0.25, -0.2) is 0 Å². The van der Waals surface area contributed by atoms with Crippen LogP contribution >= 0.6 is 23.2 Å². The first-order chi connectivity index (χ1) is 12.0. The topological polar surface area (TPSA) is 20.2 Å². The fraction of sp³-hybridized carbons (Fsp3) is 0.182. The monoisotopic (exact) mass is 370 g/mol. The molecule has 0 fully saturated rings. The van der Waals surface area contributed by atoms with Crippen LogP contribution in [0.2, 0.25) is 0 Å². The number of hydrogen-bond acceptors (Lipinski definition) is 1. The number of hydrogen-bond donors (Lipinski definition) is 1. The average Bonchev–Trinajstić information content (AvgIpc) is 2.62. The molecule has 0 aliphatic carbocycles. The maximum absolute atomic E-state index is 9.80. The smallest absolute Gasteiger partial charge is 0.116 e.